The van der Waals surface area contributed by atoms with Crippen molar-refractivity contribution >= 4 is 11.6 Å². The number of ketones is 2. The van der Waals surface area contributed by atoms with Gasteiger partial charge in [0.15, 0.2) is 11.6 Å². The summed E-state index contributed by atoms with van der Waals surface area (Å²) in [5, 5.41) is 0. The van der Waals surface area contributed by atoms with Gasteiger partial charge in [0.2, 0.25) is 0 Å². The van der Waals surface area contributed by atoms with Crippen LogP contribution >= 0.6 is 0 Å². The molecule has 3 rings (SSSR count). The first-order chi connectivity index (χ1) is 14.0. The molecule has 0 aromatic heterocycles. The van der Waals surface area contributed by atoms with Crippen molar-refractivity contribution in [3.63, 3.8) is 0 Å². The third-order valence-corrected chi connectivity index (χ3v) is 5.39. The molecule has 1 aliphatic rings. The molecule has 0 radical (unpaired) electrons. The monoisotopic (exact) mass is 397 g/mol. The summed E-state index contributed by atoms with van der Waals surface area (Å²) in [5.74, 6) is 0.812. The number of likely N-dealkylation sites (tertiary alicyclic amines) is 1. The summed E-state index contributed by atoms with van der Waals surface area (Å²) in [5.41, 5.74) is 1.19. The van der Waals surface area contributed by atoms with Crippen molar-refractivity contribution in [3.05, 3.63) is 65.5 Å². The molecule has 1 heterocycles. The van der Waals surface area contributed by atoms with Gasteiger partial charge in [-0.05, 0) is 75.7 Å². The maximum absolute atomic E-state index is 13.0. The van der Waals surface area contributed by atoms with E-state index >= 15 is 0 Å². The fraction of sp³-hybridized carbons (Fsp3) is 0.417. The van der Waals surface area contributed by atoms with Gasteiger partial charge in [0.1, 0.15) is 11.6 Å². The van der Waals surface area contributed by atoms with Crippen LogP contribution in [0.5, 0.6) is 5.75 Å². The molecule has 2 aromatic rings. The average Bonchev–Trinajstić information content (AvgIpc) is 2.73. The summed E-state index contributed by atoms with van der Waals surface area (Å²) >= 11 is 0. The van der Waals surface area contributed by atoms with Crippen LogP contribution in [0.1, 0.15) is 53.3 Å². The van der Waals surface area contributed by atoms with Crippen LogP contribution in [0.4, 0.5) is 4.39 Å². The molecule has 4 nitrogen and oxygen atoms in total. The molecule has 0 amide bonds. The van der Waals surface area contributed by atoms with E-state index < -0.39 is 0 Å². The minimum Gasteiger partial charge on any atom is -0.492 e. The Morgan fingerprint density at radius 2 is 1.90 bits per heavy atom. The Kier molecular flexibility index (Phi) is 7.53. The van der Waals surface area contributed by atoms with Gasteiger partial charge in [0, 0.05) is 24.4 Å². The Balaban J connectivity index is 1.43. The fourth-order valence-corrected chi connectivity index (χ4v) is 3.82. The van der Waals surface area contributed by atoms with Crippen LogP contribution in [0.25, 0.3) is 0 Å². The second kappa shape index (κ2) is 10.3. The van der Waals surface area contributed by atoms with E-state index in [-0.39, 0.29) is 17.4 Å². The smallest absolute Gasteiger partial charge is 0.163 e. The summed E-state index contributed by atoms with van der Waals surface area (Å²) in [6.07, 6.45) is 3.47. The second-order valence-electron chi connectivity index (χ2n) is 7.71. The molecule has 5 heteroatoms. The molecule has 1 unspecified atom stereocenters. The van der Waals surface area contributed by atoms with Crippen molar-refractivity contribution in [2.24, 2.45) is 5.92 Å². The van der Waals surface area contributed by atoms with E-state index in [9.17, 15) is 14.0 Å². The number of nitrogens with zero attached hydrogens (tertiary/aromatic N) is 1. The number of carbonyl (C=O) groups is 2. The number of ether oxygens (including phenoxy) is 1. The lowest BCUT2D eigenvalue weighted by Gasteiger charge is -2.32. The predicted octanol–water partition coefficient (Wildman–Crippen LogP) is 4.78. The molecule has 1 saturated heterocycles. The number of piperidine rings is 1. The maximum Gasteiger partial charge on any atom is 0.163 e. The van der Waals surface area contributed by atoms with Crippen LogP contribution in [-0.2, 0) is 0 Å². The molecule has 0 bridgehead atoms. The van der Waals surface area contributed by atoms with E-state index in [2.05, 4.69) is 4.90 Å². The molecule has 2 aromatic carbocycles. The lowest BCUT2D eigenvalue weighted by Crippen LogP contribution is -2.38. The van der Waals surface area contributed by atoms with Gasteiger partial charge >= 0.3 is 0 Å². The van der Waals surface area contributed by atoms with Crippen molar-refractivity contribution in [1.29, 1.82) is 0 Å². The Labute approximate surface area is 171 Å². The Morgan fingerprint density at radius 3 is 2.66 bits per heavy atom. The highest BCUT2D eigenvalue weighted by atomic mass is 19.1. The zero-order valence-corrected chi connectivity index (χ0v) is 16.9. The van der Waals surface area contributed by atoms with Crippen LogP contribution in [0.2, 0.25) is 0 Å². The van der Waals surface area contributed by atoms with Gasteiger partial charge in [-0.15, -0.1) is 0 Å². The lowest BCUT2D eigenvalue weighted by atomic mass is 9.98. The summed E-state index contributed by atoms with van der Waals surface area (Å²) in [6.45, 7) is 4.98. The van der Waals surface area contributed by atoms with Crippen LogP contribution in [0.15, 0.2) is 48.5 Å². The van der Waals surface area contributed by atoms with Gasteiger partial charge < -0.3 is 9.64 Å². The standard InChI is InChI=1S/C24H28FNO3/c1-18(27)22-7-2-3-9-24(22)29-17-19-6-4-14-26(16-19)15-5-8-23(28)20-10-12-21(25)13-11-20/h2-3,7,9-13,19H,4-6,8,14-17H2,1H3. The van der Waals surface area contributed by atoms with E-state index in [1.807, 2.05) is 18.2 Å². The lowest BCUT2D eigenvalue weighted by molar-refractivity contribution is 0.0954. The number of benzene rings is 2. The van der Waals surface area contributed by atoms with Crippen molar-refractivity contribution in [2.75, 3.05) is 26.2 Å². The van der Waals surface area contributed by atoms with Crippen molar-refractivity contribution in [1.82, 2.24) is 4.90 Å². The first kappa shape index (κ1) is 21.2. The molecule has 1 fully saturated rings. The van der Waals surface area contributed by atoms with Crippen LogP contribution in [0.3, 0.4) is 0 Å². The van der Waals surface area contributed by atoms with Crippen molar-refractivity contribution in [3.8, 4) is 5.75 Å². The highest BCUT2D eigenvalue weighted by Crippen LogP contribution is 2.22. The van der Waals surface area contributed by atoms with Crippen molar-refractivity contribution < 1.29 is 18.7 Å². The third-order valence-electron chi connectivity index (χ3n) is 5.39. The fourth-order valence-electron chi connectivity index (χ4n) is 3.82. The first-order valence-electron chi connectivity index (χ1n) is 10.3. The molecule has 1 atom stereocenters. The van der Waals surface area contributed by atoms with Crippen LogP contribution < -0.4 is 4.74 Å². The first-order valence-corrected chi connectivity index (χ1v) is 10.3. The predicted molar refractivity (Wildman–Crippen MR) is 111 cm³/mol. The summed E-state index contributed by atoms with van der Waals surface area (Å²) in [7, 11) is 0. The SMILES string of the molecule is CC(=O)c1ccccc1OCC1CCCN(CCCC(=O)c2ccc(F)cc2)C1. The minimum absolute atomic E-state index is 0.0108. The molecule has 0 aliphatic carbocycles. The van der Waals surface area contributed by atoms with Gasteiger partial charge in [0.05, 0.1) is 12.2 Å². The topological polar surface area (TPSA) is 46.6 Å². The molecule has 29 heavy (non-hydrogen) atoms. The van der Waals surface area contributed by atoms with E-state index in [4.69, 9.17) is 4.74 Å². The molecular formula is C24H28FNO3. The minimum atomic E-state index is -0.325. The van der Waals surface area contributed by atoms with Crippen LogP contribution in [0, 0.1) is 11.7 Å². The van der Waals surface area contributed by atoms with Crippen LogP contribution in [-0.4, -0.2) is 42.7 Å². The molecule has 154 valence electrons. The zero-order chi connectivity index (χ0) is 20.6. The molecule has 0 N–H and O–H groups in total. The van der Waals surface area contributed by atoms with E-state index in [0.717, 1.165) is 38.9 Å². The van der Waals surface area contributed by atoms with E-state index in [1.165, 1.54) is 12.1 Å². The zero-order valence-electron chi connectivity index (χ0n) is 16.9. The Morgan fingerprint density at radius 1 is 1.14 bits per heavy atom. The van der Waals surface area contributed by atoms with E-state index in [1.54, 1.807) is 25.1 Å². The van der Waals surface area contributed by atoms with Gasteiger partial charge in [-0.2, -0.15) is 0 Å². The molecule has 0 saturated carbocycles. The second-order valence-corrected chi connectivity index (χ2v) is 7.71. The van der Waals surface area contributed by atoms with Gasteiger partial charge in [-0.3, -0.25) is 9.59 Å². The highest BCUT2D eigenvalue weighted by molar-refractivity contribution is 5.96. The third kappa shape index (κ3) is 6.23. The van der Waals surface area contributed by atoms with Crippen molar-refractivity contribution in [2.45, 2.75) is 32.6 Å². The number of carbonyl (C=O) groups excluding carboxylic acids is 2. The summed E-state index contributed by atoms with van der Waals surface area (Å²) in [4.78, 5) is 26.3. The molecular weight excluding hydrogens is 369 g/mol. The number of rotatable bonds is 9. The quantitative estimate of drug-likeness (QED) is 0.571. The van der Waals surface area contributed by atoms with E-state index in [0.29, 0.717) is 35.8 Å². The number of para-hydroxylation sites is 1. The number of halogens is 1. The normalized spacial score (nSPS) is 17.1. The number of hydrogen-bond donors (Lipinski definition) is 0. The number of Topliss-reactive ketones (excluding diaryl/α,β-unsaturated/α-hetero) is 2. The average molecular weight is 397 g/mol. The van der Waals surface area contributed by atoms with Gasteiger partial charge in [-0.25, -0.2) is 4.39 Å². The maximum atomic E-state index is 13.0. The highest BCUT2D eigenvalue weighted by Gasteiger charge is 2.21. The molecule has 1 aliphatic heterocycles. The van der Waals surface area contributed by atoms with Gasteiger partial charge in [0.25, 0.3) is 0 Å². The summed E-state index contributed by atoms with van der Waals surface area (Å²) < 4.78 is 18.9. The summed E-state index contributed by atoms with van der Waals surface area (Å²) in [6, 6.07) is 13.1. The van der Waals surface area contributed by atoms with Gasteiger partial charge in [-0.1, -0.05) is 12.1 Å². The molecule has 0 spiro atoms. The number of hydrogen-bond acceptors (Lipinski definition) is 4. The largest absolute Gasteiger partial charge is 0.492 e. The Hall–Kier alpha value is -2.53. The Bertz CT molecular complexity index is 834.